The van der Waals surface area contributed by atoms with Gasteiger partial charge in [0.1, 0.15) is 5.82 Å². The molecule has 0 saturated carbocycles. The van der Waals surface area contributed by atoms with E-state index < -0.39 is 17.6 Å². The second kappa shape index (κ2) is 4.62. The maximum Gasteiger partial charge on any atom is 0.371 e. The van der Waals surface area contributed by atoms with Crippen LogP contribution < -0.4 is 0 Å². The lowest BCUT2D eigenvalue weighted by molar-refractivity contribution is 0.0660. The van der Waals surface area contributed by atoms with E-state index in [0.29, 0.717) is 0 Å². The molecule has 1 aromatic carbocycles. The van der Waals surface area contributed by atoms with Crippen LogP contribution >= 0.6 is 11.6 Å². The zero-order valence-electron chi connectivity index (χ0n) is 8.81. The zero-order valence-corrected chi connectivity index (χ0v) is 9.57. The van der Waals surface area contributed by atoms with Crippen LogP contribution in [0.1, 0.15) is 26.7 Å². The van der Waals surface area contributed by atoms with E-state index in [0.717, 1.165) is 18.2 Å². The zero-order chi connectivity index (χ0) is 13.3. The number of furan rings is 1. The Hall–Kier alpha value is -2.14. The molecule has 1 heterocycles. The van der Waals surface area contributed by atoms with Gasteiger partial charge in [-0.3, -0.25) is 4.79 Å². The van der Waals surface area contributed by atoms with Crippen LogP contribution in [0.5, 0.6) is 0 Å². The summed E-state index contributed by atoms with van der Waals surface area (Å²) < 4.78 is 17.7. The molecule has 0 aliphatic carbocycles. The first-order chi connectivity index (χ1) is 8.49. The number of benzene rings is 1. The molecular formula is C12H6ClFO4. The molecule has 0 spiro atoms. The van der Waals surface area contributed by atoms with E-state index in [-0.39, 0.29) is 22.1 Å². The van der Waals surface area contributed by atoms with E-state index in [1.54, 1.807) is 0 Å². The van der Waals surface area contributed by atoms with Crippen molar-refractivity contribution in [1.29, 1.82) is 0 Å². The van der Waals surface area contributed by atoms with Crippen LogP contribution in [0.15, 0.2) is 34.7 Å². The third-order valence-electron chi connectivity index (χ3n) is 2.22. The number of carboxylic acid groups (broad SMARTS) is 1. The minimum atomic E-state index is -1.28. The normalized spacial score (nSPS) is 10.3. The number of hydrogen-bond donors (Lipinski definition) is 1. The molecule has 1 aromatic heterocycles. The average molecular weight is 269 g/mol. The number of carbonyl (C=O) groups excluding carboxylic acids is 1. The van der Waals surface area contributed by atoms with Crippen LogP contribution in [0.3, 0.4) is 0 Å². The van der Waals surface area contributed by atoms with Gasteiger partial charge in [0.25, 0.3) is 0 Å². The number of hydrogen-bond acceptors (Lipinski definition) is 3. The van der Waals surface area contributed by atoms with Crippen LogP contribution in [-0.4, -0.2) is 16.9 Å². The van der Waals surface area contributed by atoms with Gasteiger partial charge < -0.3 is 9.52 Å². The molecule has 0 saturated heterocycles. The summed E-state index contributed by atoms with van der Waals surface area (Å²) in [6, 6.07) is 5.68. The summed E-state index contributed by atoms with van der Waals surface area (Å²) in [5.74, 6) is -2.97. The molecule has 0 unspecified atom stereocenters. The third-order valence-corrected chi connectivity index (χ3v) is 2.53. The summed E-state index contributed by atoms with van der Waals surface area (Å²) in [4.78, 5) is 22.5. The molecule has 92 valence electrons. The minimum absolute atomic E-state index is 0.0457. The molecule has 2 aromatic rings. The van der Waals surface area contributed by atoms with Gasteiger partial charge in [0.2, 0.25) is 11.5 Å². The molecule has 0 aliphatic heterocycles. The molecule has 18 heavy (non-hydrogen) atoms. The molecule has 4 nitrogen and oxygen atoms in total. The van der Waals surface area contributed by atoms with Crippen LogP contribution in [0.2, 0.25) is 5.02 Å². The van der Waals surface area contributed by atoms with Crippen molar-refractivity contribution in [3.05, 3.63) is 58.3 Å². The molecule has 0 fully saturated rings. The highest BCUT2D eigenvalue weighted by atomic mass is 35.5. The van der Waals surface area contributed by atoms with E-state index in [1.165, 1.54) is 12.1 Å². The van der Waals surface area contributed by atoms with Crippen molar-refractivity contribution in [3.8, 4) is 0 Å². The van der Waals surface area contributed by atoms with Gasteiger partial charge in [-0.25, -0.2) is 9.18 Å². The molecule has 0 radical (unpaired) electrons. The van der Waals surface area contributed by atoms with E-state index >= 15 is 0 Å². The quantitative estimate of drug-likeness (QED) is 0.869. The lowest BCUT2D eigenvalue weighted by Crippen LogP contribution is -2.01. The summed E-state index contributed by atoms with van der Waals surface area (Å²) >= 11 is 5.72. The summed E-state index contributed by atoms with van der Waals surface area (Å²) in [7, 11) is 0. The van der Waals surface area contributed by atoms with Gasteiger partial charge in [0, 0.05) is 5.56 Å². The van der Waals surface area contributed by atoms with Crippen molar-refractivity contribution >= 4 is 23.4 Å². The number of carbonyl (C=O) groups is 2. The number of halogens is 2. The topological polar surface area (TPSA) is 67.5 Å². The van der Waals surface area contributed by atoms with Crippen LogP contribution in [0.4, 0.5) is 4.39 Å². The first kappa shape index (κ1) is 12.3. The van der Waals surface area contributed by atoms with Crippen molar-refractivity contribution in [2.45, 2.75) is 0 Å². The Morgan fingerprint density at radius 3 is 2.39 bits per heavy atom. The number of carboxylic acids is 1. The highest BCUT2D eigenvalue weighted by molar-refractivity contribution is 6.34. The van der Waals surface area contributed by atoms with E-state index in [1.807, 2.05) is 0 Å². The monoisotopic (exact) mass is 268 g/mol. The van der Waals surface area contributed by atoms with E-state index in [2.05, 4.69) is 0 Å². The predicted octanol–water partition coefficient (Wildman–Crippen LogP) is 3.00. The number of rotatable bonds is 3. The Labute approximate surface area is 106 Å². The van der Waals surface area contributed by atoms with Gasteiger partial charge in [-0.05, 0) is 30.3 Å². The molecule has 0 bridgehead atoms. The lowest BCUT2D eigenvalue weighted by Gasteiger charge is -2.00. The molecule has 0 amide bonds. The fraction of sp³-hybridized carbons (Fsp3) is 0. The standard InChI is InChI=1S/C12H6ClFO4/c13-8-5-6(14)1-2-7(8)11(15)9-3-4-10(18-9)12(16)17/h1-5H,(H,16,17). The van der Waals surface area contributed by atoms with Crippen molar-refractivity contribution in [1.82, 2.24) is 0 Å². The Balaban J connectivity index is 2.38. The Morgan fingerprint density at radius 1 is 1.17 bits per heavy atom. The minimum Gasteiger partial charge on any atom is -0.475 e. The fourth-order valence-electron chi connectivity index (χ4n) is 1.38. The van der Waals surface area contributed by atoms with Gasteiger partial charge in [0.15, 0.2) is 5.76 Å². The highest BCUT2D eigenvalue weighted by Gasteiger charge is 2.19. The second-order valence-electron chi connectivity index (χ2n) is 3.42. The first-order valence-electron chi connectivity index (χ1n) is 4.82. The largest absolute Gasteiger partial charge is 0.475 e. The lowest BCUT2D eigenvalue weighted by atomic mass is 10.1. The predicted molar refractivity (Wildman–Crippen MR) is 60.5 cm³/mol. The number of aromatic carboxylic acids is 1. The van der Waals surface area contributed by atoms with Gasteiger partial charge in [0.05, 0.1) is 5.02 Å². The Kier molecular flexibility index (Phi) is 3.16. The molecule has 0 atom stereocenters. The molecular weight excluding hydrogens is 263 g/mol. The van der Waals surface area contributed by atoms with E-state index in [4.69, 9.17) is 21.1 Å². The van der Waals surface area contributed by atoms with Crippen molar-refractivity contribution in [3.63, 3.8) is 0 Å². The summed E-state index contributed by atoms with van der Waals surface area (Å²) in [5, 5.41) is 8.60. The summed E-state index contributed by atoms with van der Waals surface area (Å²) in [6.07, 6.45) is 0. The fourth-order valence-corrected chi connectivity index (χ4v) is 1.63. The van der Waals surface area contributed by atoms with Gasteiger partial charge >= 0.3 is 5.97 Å². The summed E-state index contributed by atoms with van der Waals surface area (Å²) in [6.45, 7) is 0. The highest BCUT2D eigenvalue weighted by Crippen LogP contribution is 2.21. The van der Waals surface area contributed by atoms with Crippen LogP contribution in [-0.2, 0) is 0 Å². The van der Waals surface area contributed by atoms with Gasteiger partial charge in [-0.15, -0.1) is 0 Å². The average Bonchev–Trinajstić information content (AvgIpc) is 2.77. The molecule has 2 rings (SSSR count). The first-order valence-corrected chi connectivity index (χ1v) is 5.19. The van der Waals surface area contributed by atoms with Gasteiger partial charge in [-0.1, -0.05) is 11.6 Å². The van der Waals surface area contributed by atoms with Crippen molar-refractivity contribution in [2.75, 3.05) is 0 Å². The smallest absolute Gasteiger partial charge is 0.371 e. The Bertz CT molecular complexity index is 633. The van der Waals surface area contributed by atoms with Crippen molar-refractivity contribution < 1.29 is 23.5 Å². The summed E-state index contributed by atoms with van der Waals surface area (Å²) in [5.41, 5.74) is 0.0457. The number of ketones is 1. The second-order valence-corrected chi connectivity index (χ2v) is 3.83. The maximum absolute atomic E-state index is 12.8. The van der Waals surface area contributed by atoms with E-state index in [9.17, 15) is 14.0 Å². The molecule has 1 N–H and O–H groups in total. The van der Waals surface area contributed by atoms with Crippen molar-refractivity contribution in [2.24, 2.45) is 0 Å². The maximum atomic E-state index is 12.8. The van der Waals surface area contributed by atoms with Crippen LogP contribution in [0, 0.1) is 5.82 Å². The van der Waals surface area contributed by atoms with Crippen LogP contribution in [0.25, 0.3) is 0 Å². The SMILES string of the molecule is O=C(O)c1ccc(C(=O)c2ccc(F)cc2Cl)o1. The third kappa shape index (κ3) is 2.26. The Morgan fingerprint density at radius 2 is 1.83 bits per heavy atom. The van der Waals surface area contributed by atoms with Gasteiger partial charge in [-0.2, -0.15) is 0 Å². The molecule has 6 heteroatoms. The molecule has 0 aliphatic rings.